The van der Waals surface area contributed by atoms with Gasteiger partial charge in [0.1, 0.15) is 0 Å². The molecule has 11 heteroatoms. The summed E-state index contributed by atoms with van der Waals surface area (Å²) in [5.41, 5.74) is 0. The SMILES string of the molecule is FC(F)(F)C(F)(F)C(F)(F)C(F)(F)F.[Na+]. The van der Waals surface area contributed by atoms with Crippen molar-refractivity contribution in [2.24, 2.45) is 0 Å². The zero-order chi connectivity index (χ0) is 12.0. The Morgan fingerprint density at radius 2 is 0.533 bits per heavy atom. The molecule has 0 bridgehead atoms. The van der Waals surface area contributed by atoms with Gasteiger partial charge < -0.3 is 0 Å². The molecule has 0 amide bonds. The Kier molecular flexibility index (Phi) is 5.05. The van der Waals surface area contributed by atoms with E-state index in [0.717, 1.165) is 0 Å². The van der Waals surface area contributed by atoms with E-state index in [2.05, 4.69) is 0 Å². The molecule has 0 aromatic carbocycles. The first-order valence-electron chi connectivity index (χ1n) is 2.64. The van der Waals surface area contributed by atoms with Gasteiger partial charge in [-0.05, 0) is 0 Å². The molecule has 0 aliphatic carbocycles. The summed E-state index contributed by atoms with van der Waals surface area (Å²) in [7, 11) is 0. The number of hydrogen-bond donors (Lipinski definition) is 0. The Bertz CT molecular complexity index is 186. The first-order chi connectivity index (χ1) is 5.75. The maximum atomic E-state index is 11.6. The van der Waals surface area contributed by atoms with E-state index in [4.69, 9.17) is 0 Å². The maximum absolute atomic E-state index is 11.6. The fourth-order valence-electron chi connectivity index (χ4n) is 0.356. The number of rotatable bonds is 1. The normalized spacial score (nSPS) is 14.8. The molecule has 0 saturated carbocycles. The second-order valence-electron chi connectivity index (χ2n) is 2.14. The molecular weight excluding hydrogens is 261 g/mol. The summed E-state index contributed by atoms with van der Waals surface area (Å²) in [5.74, 6) is -14.3. The minimum absolute atomic E-state index is 0. The van der Waals surface area contributed by atoms with Gasteiger partial charge in [0.2, 0.25) is 0 Å². The topological polar surface area (TPSA) is 0 Å². The molecule has 0 heterocycles. The zero-order valence-corrected chi connectivity index (χ0v) is 8.78. The van der Waals surface area contributed by atoms with Gasteiger partial charge in [-0.25, -0.2) is 0 Å². The molecular formula is C4F10Na+. The summed E-state index contributed by atoms with van der Waals surface area (Å²) in [4.78, 5) is 0. The van der Waals surface area contributed by atoms with Crippen LogP contribution < -0.4 is 29.6 Å². The van der Waals surface area contributed by atoms with Crippen molar-refractivity contribution in [2.45, 2.75) is 24.2 Å². The van der Waals surface area contributed by atoms with E-state index >= 15 is 0 Å². The van der Waals surface area contributed by atoms with Crippen LogP contribution in [0.25, 0.3) is 0 Å². The third kappa shape index (κ3) is 2.90. The van der Waals surface area contributed by atoms with E-state index in [9.17, 15) is 43.9 Å². The van der Waals surface area contributed by atoms with Crippen molar-refractivity contribution in [1.82, 2.24) is 0 Å². The summed E-state index contributed by atoms with van der Waals surface area (Å²) < 4.78 is 113. The molecule has 0 aliphatic heterocycles. The first kappa shape index (κ1) is 17.7. The van der Waals surface area contributed by atoms with E-state index in [1.165, 1.54) is 0 Å². The standard InChI is InChI=1S/C4F10.Na/c5-1(6,3(9,10)11)2(7,8)4(12,13)14;/q;+1. The first-order valence-corrected chi connectivity index (χ1v) is 2.64. The van der Waals surface area contributed by atoms with Crippen LogP contribution in [0.2, 0.25) is 0 Å². The van der Waals surface area contributed by atoms with Crippen molar-refractivity contribution in [3.8, 4) is 0 Å². The summed E-state index contributed by atoms with van der Waals surface area (Å²) >= 11 is 0. The molecule has 0 atom stereocenters. The fourth-order valence-corrected chi connectivity index (χ4v) is 0.356. The van der Waals surface area contributed by atoms with Gasteiger partial charge in [-0.3, -0.25) is 0 Å². The molecule has 0 saturated heterocycles. The zero-order valence-electron chi connectivity index (χ0n) is 6.78. The molecule has 0 aliphatic rings. The molecule has 0 spiro atoms. The fraction of sp³-hybridized carbons (Fsp3) is 1.00. The third-order valence-electron chi connectivity index (χ3n) is 1.11. The van der Waals surface area contributed by atoms with Crippen molar-refractivity contribution in [1.29, 1.82) is 0 Å². The Balaban J connectivity index is 0. The van der Waals surface area contributed by atoms with Crippen LogP contribution in [0.4, 0.5) is 43.9 Å². The average molecular weight is 261 g/mol. The maximum Gasteiger partial charge on any atom is 1.00 e. The van der Waals surface area contributed by atoms with Gasteiger partial charge in [0.05, 0.1) is 0 Å². The van der Waals surface area contributed by atoms with Crippen LogP contribution in [0.5, 0.6) is 0 Å². The second kappa shape index (κ2) is 4.28. The minimum atomic E-state index is -7.14. The van der Waals surface area contributed by atoms with Gasteiger partial charge >= 0.3 is 53.8 Å². The van der Waals surface area contributed by atoms with Crippen molar-refractivity contribution >= 4 is 0 Å². The third-order valence-corrected chi connectivity index (χ3v) is 1.11. The molecule has 0 rings (SSSR count). The molecule has 0 aromatic heterocycles. The van der Waals surface area contributed by atoms with Crippen LogP contribution in [-0.4, -0.2) is 24.2 Å². The molecule has 86 valence electrons. The van der Waals surface area contributed by atoms with Crippen LogP contribution >= 0.6 is 0 Å². The monoisotopic (exact) mass is 261 g/mol. The summed E-state index contributed by atoms with van der Waals surface area (Å²) in [6.07, 6.45) is -13.9. The molecule has 0 N–H and O–H groups in total. The van der Waals surface area contributed by atoms with E-state index in [0.29, 0.717) is 0 Å². The van der Waals surface area contributed by atoms with E-state index in [1.54, 1.807) is 0 Å². The van der Waals surface area contributed by atoms with Crippen LogP contribution in [0.15, 0.2) is 0 Å². The summed E-state index contributed by atoms with van der Waals surface area (Å²) in [5, 5.41) is 0. The predicted octanol–water partition coefficient (Wildman–Crippen LogP) is 0.386. The summed E-state index contributed by atoms with van der Waals surface area (Å²) in [6.45, 7) is 0. The van der Waals surface area contributed by atoms with Crippen molar-refractivity contribution in [3.05, 3.63) is 0 Å². The smallest absolute Gasteiger partial charge is 0.189 e. The van der Waals surface area contributed by atoms with Gasteiger partial charge in [0, 0.05) is 0 Å². The van der Waals surface area contributed by atoms with Gasteiger partial charge in [-0.1, -0.05) is 0 Å². The van der Waals surface area contributed by atoms with Crippen molar-refractivity contribution < 1.29 is 73.5 Å². The van der Waals surface area contributed by atoms with Crippen molar-refractivity contribution in [2.75, 3.05) is 0 Å². The van der Waals surface area contributed by atoms with Crippen molar-refractivity contribution in [3.63, 3.8) is 0 Å². The Hall–Kier alpha value is 0.300. The number of hydrogen-bond acceptors (Lipinski definition) is 0. The van der Waals surface area contributed by atoms with Crippen LogP contribution in [0.1, 0.15) is 0 Å². The van der Waals surface area contributed by atoms with Gasteiger partial charge in [0.25, 0.3) is 0 Å². The van der Waals surface area contributed by atoms with Gasteiger partial charge in [0.15, 0.2) is 0 Å². The Morgan fingerprint density at radius 3 is 0.600 bits per heavy atom. The van der Waals surface area contributed by atoms with Crippen LogP contribution in [-0.2, 0) is 0 Å². The van der Waals surface area contributed by atoms with Crippen LogP contribution in [0.3, 0.4) is 0 Å². The Labute approximate surface area is 97.9 Å². The Morgan fingerprint density at radius 1 is 0.400 bits per heavy atom. The number of alkyl halides is 10. The predicted molar refractivity (Wildman–Crippen MR) is 22.0 cm³/mol. The van der Waals surface area contributed by atoms with E-state index < -0.39 is 24.2 Å². The van der Waals surface area contributed by atoms with Crippen LogP contribution in [0, 0.1) is 0 Å². The number of halogens is 10. The largest absolute Gasteiger partial charge is 1.00 e. The van der Waals surface area contributed by atoms with Gasteiger partial charge in [-0.15, -0.1) is 0 Å². The van der Waals surface area contributed by atoms with E-state index in [1.807, 2.05) is 0 Å². The molecule has 15 heavy (non-hydrogen) atoms. The quantitative estimate of drug-likeness (QED) is 0.473. The summed E-state index contributed by atoms with van der Waals surface area (Å²) in [6, 6.07) is 0. The molecule has 0 unspecified atom stereocenters. The van der Waals surface area contributed by atoms with Gasteiger partial charge in [-0.2, -0.15) is 43.9 Å². The molecule has 0 radical (unpaired) electrons. The minimum Gasteiger partial charge on any atom is -0.189 e. The molecule has 0 fully saturated rings. The average Bonchev–Trinajstić information content (AvgIpc) is 1.81. The molecule has 0 nitrogen and oxygen atoms in total. The molecule has 0 aromatic rings. The van der Waals surface area contributed by atoms with E-state index in [-0.39, 0.29) is 29.6 Å². The second-order valence-corrected chi connectivity index (χ2v) is 2.14.